The SMILES string of the molecule is CCCC1CCNC(C(=O)NC(C(C)C)C2OC(SC)C(O)C(O)C2O)(C(=O)OCC)C1. The number of nitrogens with one attached hydrogen (secondary N) is 2. The van der Waals surface area contributed by atoms with Crippen LogP contribution in [0.15, 0.2) is 0 Å². The van der Waals surface area contributed by atoms with Crippen LogP contribution < -0.4 is 10.6 Å². The molecule has 0 aromatic heterocycles. The Morgan fingerprint density at radius 2 is 1.91 bits per heavy atom. The van der Waals surface area contributed by atoms with Crippen molar-refractivity contribution >= 4 is 23.6 Å². The van der Waals surface area contributed by atoms with E-state index in [-0.39, 0.29) is 18.4 Å². The molecule has 2 rings (SSSR count). The van der Waals surface area contributed by atoms with Crippen LogP contribution in [-0.4, -0.2) is 88.0 Å². The zero-order valence-corrected chi connectivity index (χ0v) is 20.6. The molecule has 1 amide bonds. The lowest BCUT2D eigenvalue weighted by atomic mass is 9.78. The van der Waals surface area contributed by atoms with Crippen LogP contribution in [0.5, 0.6) is 0 Å². The van der Waals surface area contributed by atoms with Crippen molar-refractivity contribution in [2.24, 2.45) is 11.8 Å². The van der Waals surface area contributed by atoms with E-state index in [1.54, 1.807) is 13.2 Å². The minimum absolute atomic E-state index is 0.158. The number of carbonyl (C=O) groups is 2. The highest BCUT2D eigenvalue weighted by Crippen LogP contribution is 2.33. The second-order valence-corrected chi connectivity index (χ2v) is 10.1. The second kappa shape index (κ2) is 12.0. The third-order valence-corrected chi connectivity index (χ3v) is 7.35. The van der Waals surface area contributed by atoms with Crippen molar-refractivity contribution in [3.8, 4) is 0 Å². The van der Waals surface area contributed by atoms with E-state index < -0.39 is 53.3 Å². The molecule has 186 valence electrons. The van der Waals surface area contributed by atoms with Gasteiger partial charge < -0.3 is 30.1 Å². The molecule has 32 heavy (non-hydrogen) atoms. The standard InChI is InChI=1S/C22H40N2O7S/c1-6-8-13-9-10-23-22(11-13,21(29)30-7-2)20(28)24-14(12(3)4)18-16(26)15(25)17(27)19(31-18)32-5/h12-19,23,25-27H,6-11H2,1-5H3,(H,24,28). The fraction of sp³-hybridized carbons (Fsp3) is 0.909. The van der Waals surface area contributed by atoms with Gasteiger partial charge in [0, 0.05) is 0 Å². The summed E-state index contributed by atoms with van der Waals surface area (Å²) in [5.41, 5.74) is -2.27. The fourth-order valence-electron chi connectivity index (χ4n) is 4.70. The Hall–Kier alpha value is -0.910. The Morgan fingerprint density at radius 3 is 2.47 bits per heavy atom. The number of amides is 1. The highest BCUT2D eigenvalue weighted by atomic mass is 32.2. The van der Waals surface area contributed by atoms with Crippen LogP contribution in [0.2, 0.25) is 0 Å². The van der Waals surface area contributed by atoms with Gasteiger partial charge in [-0.05, 0) is 44.4 Å². The van der Waals surface area contributed by atoms with Crippen molar-refractivity contribution in [3.05, 3.63) is 0 Å². The number of rotatable bonds is 9. The van der Waals surface area contributed by atoms with Crippen LogP contribution in [0.25, 0.3) is 0 Å². The number of thioether (sulfide) groups is 1. The van der Waals surface area contributed by atoms with E-state index in [1.165, 1.54) is 11.8 Å². The first-order chi connectivity index (χ1) is 15.1. The summed E-state index contributed by atoms with van der Waals surface area (Å²) in [5, 5.41) is 37.2. The number of hydrogen-bond acceptors (Lipinski definition) is 9. The van der Waals surface area contributed by atoms with Gasteiger partial charge in [-0.1, -0.05) is 33.6 Å². The third kappa shape index (κ3) is 5.77. The second-order valence-electron chi connectivity index (χ2n) is 9.12. The van der Waals surface area contributed by atoms with Crippen LogP contribution in [0.3, 0.4) is 0 Å². The van der Waals surface area contributed by atoms with Crippen LogP contribution in [0.1, 0.15) is 53.4 Å². The minimum Gasteiger partial charge on any atom is -0.464 e. The van der Waals surface area contributed by atoms with Crippen molar-refractivity contribution in [3.63, 3.8) is 0 Å². The van der Waals surface area contributed by atoms with E-state index >= 15 is 0 Å². The molecule has 2 aliphatic heterocycles. The molecule has 10 heteroatoms. The zero-order valence-electron chi connectivity index (χ0n) is 19.7. The molecule has 0 spiro atoms. The summed E-state index contributed by atoms with van der Waals surface area (Å²) in [5.74, 6) is -1.10. The van der Waals surface area contributed by atoms with E-state index in [1.807, 2.05) is 13.8 Å². The van der Waals surface area contributed by atoms with Crippen LogP contribution in [-0.2, 0) is 19.1 Å². The third-order valence-electron chi connectivity index (χ3n) is 6.49. The van der Waals surface area contributed by atoms with Gasteiger partial charge in [0.15, 0.2) is 5.54 Å². The van der Waals surface area contributed by atoms with Gasteiger partial charge in [-0.2, -0.15) is 0 Å². The van der Waals surface area contributed by atoms with Gasteiger partial charge >= 0.3 is 5.97 Å². The predicted octanol–water partition coefficient (Wildman–Crippen LogP) is 0.399. The fourth-order valence-corrected chi connectivity index (χ4v) is 5.37. The van der Waals surface area contributed by atoms with Crippen molar-refractivity contribution < 1.29 is 34.4 Å². The summed E-state index contributed by atoms with van der Waals surface area (Å²) in [4.78, 5) is 26.6. The van der Waals surface area contributed by atoms with Crippen molar-refractivity contribution in [2.75, 3.05) is 19.4 Å². The van der Waals surface area contributed by atoms with Gasteiger partial charge in [0.05, 0.1) is 12.6 Å². The van der Waals surface area contributed by atoms with Gasteiger partial charge in [-0.25, -0.2) is 4.79 Å². The van der Waals surface area contributed by atoms with E-state index in [9.17, 15) is 24.9 Å². The first-order valence-electron chi connectivity index (χ1n) is 11.6. The van der Waals surface area contributed by atoms with E-state index in [2.05, 4.69) is 17.6 Å². The van der Waals surface area contributed by atoms with Crippen LogP contribution in [0, 0.1) is 11.8 Å². The molecule has 2 fully saturated rings. The maximum Gasteiger partial charge on any atom is 0.336 e. The molecule has 5 N–H and O–H groups in total. The van der Waals surface area contributed by atoms with Gasteiger partial charge in [0.2, 0.25) is 0 Å². The molecule has 0 aromatic carbocycles. The van der Waals surface area contributed by atoms with E-state index in [0.717, 1.165) is 19.3 Å². The summed E-state index contributed by atoms with van der Waals surface area (Å²) < 4.78 is 11.2. The minimum atomic E-state index is -1.52. The number of carbonyl (C=O) groups excluding carboxylic acids is 2. The number of esters is 1. The van der Waals surface area contributed by atoms with Gasteiger partial charge in [-0.15, -0.1) is 11.8 Å². The molecule has 0 saturated carbocycles. The smallest absolute Gasteiger partial charge is 0.336 e. The van der Waals surface area contributed by atoms with E-state index in [0.29, 0.717) is 13.0 Å². The van der Waals surface area contributed by atoms with E-state index in [4.69, 9.17) is 9.47 Å². The molecular formula is C22H40N2O7S. The number of ether oxygens (including phenoxy) is 2. The van der Waals surface area contributed by atoms with Gasteiger partial charge in [-0.3, -0.25) is 10.1 Å². The lowest BCUT2D eigenvalue weighted by Crippen LogP contribution is -2.70. The molecule has 9 nitrogen and oxygen atoms in total. The molecule has 2 saturated heterocycles. The molecule has 8 unspecified atom stereocenters. The highest BCUT2D eigenvalue weighted by molar-refractivity contribution is 7.99. The first-order valence-corrected chi connectivity index (χ1v) is 12.9. The predicted molar refractivity (Wildman–Crippen MR) is 122 cm³/mol. The Labute approximate surface area is 195 Å². The van der Waals surface area contributed by atoms with Crippen LogP contribution >= 0.6 is 11.8 Å². The monoisotopic (exact) mass is 476 g/mol. The Bertz CT molecular complexity index is 633. The maximum atomic E-state index is 13.6. The van der Waals surface area contributed by atoms with Crippen molar-refractivity contribution in [2.45, 2.75) is 94.8 Å². The van der Waals surface area contributed by atoms with Gasteiger partial charge in [0.1, 0.15) is 29.9 Å². The maximum absolute atomic E-state index is 13.6. The molecule has 0 aliphatic carbocycles. The number of piperidine rings is 1. The molecule has 0 aromatic rings. The molecule has 2 aliphatic rings. The summed E-state index contributed by atoms with van der Waals surface area (Å²) in [7, 11) is 0. The number of aliphatic hydroxyl groups is 3. The summed E-state index contributed by atoms with van der Waals surface area (Å²) in [6.07, 6.45) is -0.208. The molecular weight excluding hydrogens is 436 g/mol. The Kier molecular flexibility index (Phi) is 10.2. The quantitative estimate of drug-likeness (QED) is 0.236. The summed E-state index contributed by atoms with van der Waals surface area (Å²) >= 11 is 1.21. The number of aliphatic hydroxyl groups excluding tert-OH is 3. The molecule has 0 bridgehead atoms. The molecule has 0 radical (unpaired) electrons. The summed E-state index contributed by atoms with van der Waals surface area (Å²) in [6, 6.07) is -0.700. The topological polar surface area (TPSA) is 137 Å². The summed E-state index contributed by atoms with van der Waals surface area (Å²) in [6.45, 7) is 8.17. The Morgan fingerprint density at radius 1 is 1.22 bits per heavy atom. The largest absolute Gasteiger partial charge is 0.464 e. The zero-order chi connectivity index (χ0) is 24.1. The van der Waals surface area contributed by atoms with Gasteiger partial charge in [0.25, 0.3) is 5.91 Å². The van der Waals surface area contributed by atoms with Crippen LogP contribution in [0.4, 0.5) is 0 Å². The Balaban J connectivity index is 2.31. The lowest BCUT2D eigenvalue weighted by molar-refractivity contribution is -0.208. The molecule has 2 heterocycles. The highest BCUT2D eigenvalue weighted by Gasteiger charge is 2.53. The molecule has 8 atom stereocenters. The van der Waals surface area contributed by atoms with Crippen molar-refractivity contribution in [1.82, 2.24) is 10.6 Å². The van der Waals surface area contributed by atoms with Crippen molar-refractivity contribution in [1.29, 1.82) is 0 Å². The average Bonchev–Trinajstić information content (AvgIpc) is 2.76. The lowest BCUT2D eigenvalue weighted by Gasteiger charge is -2.45. The number of hydrogen-bond donors (Lipinski definition) is 5. The average molecular weight is 477 g/mol. The normalized spacial score (nSPS) is 36.5. The first kappa shape index (κ1) is 27.3.